The Morgan fingerprint density at radius 2 is 2.04 bits per heavy atom. The van der Waals surface area contributed by atoms with Gasteiger partial charge in [-0.1, -0.05) is 0 Å². The van der Waals surface area contributed by atoms with E-state index in [1.807, 2.05) is 42.0 Å². The average Bonchev–Trinajstić information content (AvgIpc) is 3.28. The molecule has 0 saturated carbocycles. The lowest BCUT2D eigenvalue weighted by Gasteiger charge is -2.34. The number of carbonyl (C=O) groups is 1. The van der Waals surface area contributed by atoms with Gasteiger partial charge in [0, 0.05) is 44.3 Å². The fourth-order valence-corrected chi connectivity index (χ4v) is 4.17. The smallest absolute Gasteiger partial charge is 0.274 e. The highest BCUT2D eigenvalue weighted by molar-refractivity contribution is 5.92. The predicted octanol–water partition coefficient (Wildman–Crippen LogP) is 2.64. The van der Waals surface area contributed by atoms with E-state index in [0.717, 1.165) is 63.1 Å². The summed E-state index contributed by atoms with van der Waals surface area (Å²) >= 11 is 0. The van der Waals surface area contributed by atoms with E-state index in [-0.39, 0.29) is 11.9 Å². The normalized spacial score (nSPS) is 21.9. The van der Waals surface area contributed by atoms with Crippen LogP contribution in [0.2, 0.25) is 0 Å². The minimum absolute atomic E-state index is 0.0347. The first-order chi connectivity index (χ1) is 12.6. The first-order valence-electron chi connectivity index (χ1n) is 9.57. The Kier molecular flexibility index (Phi) is 4.80. The molecule has 1 amide bonds. The summed E-state index contributed by atoms with van der Waals surface area (Å²) in [5, 5.41) is 8.98. The molecule has 0 N–H and O–H groups in total. The van der Waals surface area contributed by atoms with E-state index in [9.17, 15) is 4.79 Å². The molecule has 140 valence electrons. The predicted molar refractivity (Wildman–Crippen MR) is 96.9 cm³/mol. The number of hydrogen-bond donors (Lipinski definition) is 0. The van der Waals surface area contributed by atoms with Gasteiger partial charge in [0.25, 0.3) is 5.91 Å². The molecule has 2 saturated heterocycles. The molecule has 2 aromatic heterocycles. The van der Waals surface area contributed by atoms with Crippen molar-refractivity contribution in [1.29, 1.82) is 0 Å². The molecule has 26 heavy (non-hydrogen) atoms. The Hall–Kier alpha value is -2.15. The lowest BCUT2D eigenvalue weighted by Crippen LogP contribution is -2.38. The number of aromatic nitrogens is 4. The van der Waals surface area contributed by atoms with Gasteiger partial charge in [-0.05, 0) is 45.1 Å². The number of amides is 1. The third-order valence-corrected chi connectivity index (χ3v) is 5.55. The Morgan fingerprint density at radius 3 is 2.77 bits per heavy atom. The van der Waals surface area contributed by atoms with E-state index < -0.39 is 0 Å². The largest absolute Gasteiger partial charge is 0.381 e. The van der Waals surface area contributed by atoms with Gasteiger partial charge in [0.1, 0.15) is 0 Å². The van der Waals surface area contributed by atoms with Gasteiger partial charge >= 0.3 is 0 Å². The summed E-state index contributed by atoms with van der Waals surface area (Å²) in [6.45, 7) is 4.35. The van der Waals surface area contributed by atoms with Gasteiger partial charge in [-0.15, -0.1) is 0 Å². The zero-order chi connectivity index (χ0) is 18.1. The Labute approximate surface area is 153 Å². The molecule has 7 heteroatoms. The van der Waals surface area contributed by atoms with Crippen LogP contribution in [-0.4, -0.2) is 50.1 Å². The van der Waals surface area contributed by atoms with Crippen LogP contribution in [0, 0.1) is 6.92 Å². The van der Waals surface area contributed by atoms with Crippen LogP contribution in [0.1, 0.15) is 65.9 Å². The first-order valence-corrected chi connectivity index (χ1v) is 9.57. The lowest BCUT2D eigenvalue weighted by atomic mass is 9.97. The molecule has 2 fully saturated rings. The van der Waals surface area contributed by atoms with Gasteiger partial charge in [0.2, 0.25) is 0 Å². The molecule has 2 aliphatic rings. The van der Waals surface area contributed by atoms with Crippen molar-refractivity contribution in [2.75, 3.05) is 19.8 Å². The Morgan fingerprint density at radius 1 is 1.23 bits per heavy atom. The highest BCUT2D eigenvalue weighted by Gasteiger charge is 2.31. The Bertz CT molecular complexity index is 775. The number of aryl methyl sites for hydroxylation is 2. The molecule has 0 spiro atoms. The van der Waals surface area contributed by atoms with Crippen molar-refractivity contribution < 1.29 is 9.53 Å². The second kappa shape index (κ2) is 7.23. The molecule has 4 heterocycles. The van der Waals surface area contributed by atoms with E-state index in [2.05, 4.69) is 5.10 Å². The topological polar surface area (TPSA) is 65.2 Å². The van der Waals surface area contributed by atoms with Gasteiger partial charge in [0.05, 0.1) is 18.3 Å². The van der Waals surface area contributed by atoms with E-state index >= 15 is 0 Å². The maximum Gasteiger partial charge on any atom is 0.274 e. The number of carbonyl (C=O) groups excluding carboxylic acids is 1. The van der Waals surface area contributed by atoms with Crippen LogP contribution in [0.5, 0.6) is 0 Å². The van der Waals surface area contributed by atoms with Crippen molar-refractivity contribution in [3.8, 4) is 0 Å². The number of nitrogens with zero attached hydrogens (tertiary/aromatic N) is 5. The maximum absolute atomic E-state index is 13.2. The second-order valence-corrected chi connectivity index (χ2v) is 7.42. The number of likely N-dealkylation sites (tertiary alicyclic amines) is 1. The summed E-state index contributed by atoms with van der Waals surface area (Å²) in [5.74, 6) is 0.0347. The monoisotopic (exact) mass is 357 g/mol. The second-order valence-electron chi connectivity index (χ2n) is 7.42. The van der Waals surface area contributed by atoms with Gasteiger partial charge in [-0.2, -0.15) is 10.2 Å². The number of piperidine rings is 1. The van der Waals surface area contributed by atoms with Gasteiger partial charge < -0.3 is 9.64 Å². The zero-order valence-corrected chi connectivity index (χ0v) is 15.6. The maximum atomic E-state index is 13.2. The van der Waals surface area contributed by atoms with Crippen molar-refractivity contribution >= 4 is 5.91 Å². The van der Waals surface area contributed by atoms with E-state index in [4.69, 9.17) is 9.84 Å². The molecule has 2 aliphatic heterocycles. The molecule has 7 nitrogen and oxygen atoms in total. The Balaban J connectivity index is 1.57. The summed E-state index contributed by atoms with van der Waals surface area (Å²) < 4.78 is 9.28. The molecule has 0 aromatic carbocycles. The third-order valence-electron chi connectivity index (χ3n) is 5.55. The molecular weight excluding hydrogens is 330 g/mol. The van der Waals surface area contributed by atoms with Crippen LogP contribution in [-0.2, 0) is 11.8 Å². The number of ether oxygens (including phenoxy) is 1. The highest BCUT2D eigenvalue weighted by atomic mass is 16.5. The summed E-state index contributed by atoms with van der Waals surface area (Å²) in [6, 6.07) is 2.37. The van der Waals surface area contributed by atoms with Crippen molar-refractivity contribution in [3.05, 3.63) is 35.4 Å². The summed E-state index contributed by atoms with van der Waals surface area (Å²) in [4.78, 5) is 15.2. The number of rotatable bonds is 3. The van der Waals surface area contributed by atoms with E-state index in [0.29, 0.717) is 11.7 Å². The number of hydrogen-bond acceptors (Lipinski definition) is 4. The van der Waals surface area contributed by atoms with Crippen molar-refractivity contribution in [2.24, 2.45) is 7.05 Å². The molecule has 2 aromatic rings. The standard InChI is InChI=1S/C19H27N5O2/c1-14-11-17(21-24(14)16-6-9-26-10-7-16)19(25)23-8-4-3-5-18(23)15-12-20-22(2)13-15/h11-13,16,18H,3-10H2,1-2H3. The highest BCUT2D eigenvalue weighted by Crippen LogP contribution is 2.32. The molecule has 1 atom stereocenters. The van der Waals surface area contributed by atoms with E-state index in [1.54, 1.807) is 4.68 Å². The average molecular weight is 357 g/mol. The van der Waals surface area contributed by atoms with E-state index in [1.165, 1.54) is 0 Å². The van der Waals surface area contributed by atoms with Crippen LogP contribution >= 0.6 is 0 Å². The molecule has 0 aliphatic carbocycles. The minimum Gasteiger partial charge on any atom is -0.381 e. The fraction of sp³-hybridized carbons (Fsp3) is 0.632. The summed E-state index contributed by atoms with van der Waals surface area (Å²) in [6.07, 6.45) is 8.97. The van der Waals surface area contributed by atoms with Crippen LogP contribution in [0.25, 0.3) is 0 Å². The SMILES string of the molecule is Cc1cc(C(=O)N2CCCCC2c2cnn(C)c2)nn1C1CCOCC1. The molecular formula is C19H27N5O2. The molecule has 4 rings (SSSR count). The molecule has 0 radical (unpaired) electrons. The van der Waals surface area contributed by atoms with Crippen molar-refractivity contribution in [2.45, 2.75) is 51.1 Å². The van der Waals surface area contributed by atoms with Crippen LogP contribution in [0.3, 0.4) is 0 Å². The van der Waals surface area contributed by atoms with Crippen molar-refractivity contribution in [3.63, 3.8) is 0 Å². The van der Waals surface area contributed by atoms with Gasteiger partial charge in [0.15, 0.2) is 5.69 Å². The lowest BCUT2D eigenvalue weighted by molar-refractivity contribution is 0.0592. The third kappa shape index (κ3) is 3.28. The van der Waals surface area contributed by atoms with Gasteiger partial charge in [-0.25, -0.2) is 0 Å². The van der Waals surface area contributed by atoms with Gasteiger partial charge in [-0.3, -0.25) is 14.2 Å². The zero-order valence-electron chi connectivity index (χ0n) is 15.6. The summed E-state index contributed by atoms with van der Waals surface area (Å²) in [5.41, 5.74) is 2.72. The van der Waals surface area contributed by atoms with Crippen LogP contribution in [0.15, 0.2) is 18.5 Å². The van der Waals surface area contributed by atoms with Crippen molar-refractivity contribution in [1.82, 2.24) is 24.5 Å². The summed E-state index contributed by atoms with van der Waals surface area (Å²) in [7, 11) is 1.91. The van der Waals surface area contributed by atoms with Crippen LogP contribution in [0.4, 0.5) is 0 Å². The van der Waals surface area contributed by atoms with Crippen LogP contribution < -0.4 is 0 Å². The molecule has 0 bridgehead atoms. The minimum atomic E-state index is 0.0347. The molecule has 1 unspecified atom stereocenters. The fourth-order valence-electron chi connectivity index (χ4n) is 4.17. The first kappa shape index (κ1) is 17.3. The quantitative estimate of drug-likeness (QED) is 0.847.